The van der Waals surface area contributed by atoms with Gasteiger partial charge in [-0.25, -0.2) is 23.1 Å². The van der Waals surface area contributed by atoms with Crippen LogP contribution in [0, 0.1) is 12.3 Å². The van der Waals surface area contributed by atoms with Gasteiger partial charge in [0.15, 0.2) is 10.9 Å². The van der Waals surface area contributed by atoms with Crippen molar-refractivity contribution in [2.24, 2.45) is 5.41 Å². The fourth-order valence-corrected chi connectivity index (χ4v) is 6.59. The molecule has 0 saturated heterocycles. The summed E-state index contributed by atoms with van der Waals surface area (Å²) in [5, 5.41) is 0.954. The number of Topliss-reactive ketones (excluding diaryl/α,β-unsaturated/α-hetero) is 2. The summed E-state index contributed by atoms with van der Waals surface area (Å²) in [5.41, 5.74) is 6.61. The van der Waals surface area contributed by atoms with Crippen molar-refractivity contribution in [3.8, 4) is 0 Å². The van der Waals surface area contributed by atoms with E-state index in [0.717, 1.165) is 11.1 Å². The van der Waals surface area contributed by atoms with Crippen molar-refractivity contribution in [1.82, 2.24) is 19.6 Å². The molecule has 3 N–H and O–H groups in total. The lowest BCUT2D eigenvalue weighted by Crippen LogP contribution is -2.28. The molecule has 0 unspecified atom stereocenters. The molecule has 0 saturated carbocycles. The largest absolute Gasteiger partial charge is 0.383 e. The maximum Gasteiger partial charge on any atom is 0.241 e. The molecule has 12 nitrogen and oxygen atoms in total. The minimum Gasteiger partial charge on any atom is -0.383 e. The monoisotopic (exact) mass is 668 g/mol. The molecule has 14 heteroatoms. The van der Waals surface area contributed by atoms with Crippen molar-refractivity contribution in [3.05, 3.63) is 64.6 Å². The van der Waals surface area contributed by atoms with Crippen molar-refractivity contribution in [1.29, 1.82) is 0 Å². The van der Waals surface area contributed by atoms with Gasteiger partial charge < -0.3 is 15.5 Å². The highest BCUT2D eigenvalue weighted by Crippen LogP contribution is 2.33. The summed E-state index contributed by atoms with van der Waals surface area (Å²) in [7, 11) is -0.262. The van der Waals surface area contributed by atoms with E-state index < -0.39 is 33.4 Å². The van der Waals surface area contributed by atoms with Crippen LogP contribution in [0.2, 0.25) is 0 Å². The maximum absolute atomic E-state index is 13.5. The zero-order chi connectivity index (χ0) is 34.4. The molecule has 0 aliphatic heterocycles. The van der Waals surface area contributed by atoms with Crippen LogP contribution in [0.25, 0.3) is 10.8 Å². The molecule has 1 amide bonds. The van der Waals surface area contributed by atoms with Crippen molar-refractivity contribution in [2.75, 3.05) is 31.3 Å². The normalized spacial score (nSPS) is 12.4. The molecule has 1 heterocycles. The SMILES string of the molecule is CC(=C(SC(=O)C(C)(C)C)C(=O)CC(=O)CCNS(=O)(=O)c1cccc2c(N(C)C)cccc12)N(C=O)Cc1cnc(C)nc1N. The van der Waals surface area contributed by atoms with Crippen LogP contribution in [0.1, 0.15) is 51.9 Å². The second-order valence-electron chi connectivity index (χ2n) is 11.9. The molecule has 2 aromatic carbocycles. The Kier molecular flexibility index (Phi) is 11.8. The summed E-state index contributed by atoms with van der Waals surface area (Å²) >= 11 is 0.661. The van der Waals surface area contributed by atoms with Crippen LogP contribution < -0.4 is 15.4 Å². The first-order valence-electron chi connectivity index (χ1n) is 14.4. The summed E-state index contributed by atoms with van der Waals surface area (Å²) in [6.07, 6.45) is 1.11. The highest BCUT2D eigenvalue weighted by atomic mass is 32.2. The number of benzene rings is 2. The number of ketones is 2. The average Bonchev–Trinajstić information content (AvgIpc) is 2.97. The van der Waals surface area contributed by atoms with Gasteiger partial charge in [-0.05, 0) is 37.7 Å². The minimum atomic E-state index is -4.00. The van der Waals surface area contributed by atoms with E-state index in [1.165, 1.54) is 24.1 Å². The highest BCUT2D eigenvalue weighted by molar-refractivity contribution is 8.17. The Hall–Kier alpha value is -4.14. The zero-order valence-electron chi connectivity index (χ0n) is 27.1. The maximum atomic E-state index is 13.5. The predicted molar refractivity (Wildman–Crippen MR) is 180 cm³/mol. The average molecular weight is 669 g/mol. The molecule has 0 aliphatic carbocycles. The van der Waals surface area contributed by atoms with Crippen LogP contribution in [0.15, 0.2) is 58.1 Å². The number of thioether (sulfide) groups is 1. The number of fused-ring (bicyclic) bond motifs is 1. The molecule has 1 aromatic heterocycles. The number of hydrogen-bond donors (Lipinski definition) is 2. The molecule has 0 aliphatic rings. The molecule has 0 atom stereocenters. The third-order valence-corrected chi connectivity index (χ3v) is 10.0. The van der Waals surface area contributed by atoms with E-state index in [-0.39, 0.29) is 45.9 Å². The number of sulfonamides is 1. The fraction of sp³-hybridized carbons (Fsp3) is 0.375. The van der Waals surface area contributed by atoms with Gasteiger partial charge >= 0.3 is 0 Å². The number of nitrogens with one attached hydrogen (secondary N) is 1. The molecule has 3 rings (SSSR count). The van der Waals surface area contributed by atoms with E-state index >= 15 is 0 Å². The molecule has 0 spiro atoms. The summed E-state index contributed by atoms with van der Waals surface area (Å²) < 4.78 is 28.9. The minimum absolute atomic E-state index is 0.0670. The van der Waals surface area contributed by atoms with E-state index in [2.05, 4.69) is 14.7 Å². The van der Waals surface area contributed by atoms with Crippen LogP contribution in [-0.2, 0) is 35.7 Å². The quantitative estimate of drug-likeness (QED) is 0.145. The smallest absolute Gasteiger partial charge is 0.241 e. The second kappa shape index (κ2) is 15.0. The first-order valence-corrected chi connectivity index (χ1v) is 16.7. The number of aryl methyl sites for hydroxylation is 1. The van der Waals surface area contributed by atoms with Crippen LogP contribution >= 0.6 is 11.8 Å². The Balaban J connectivity index is 1.79. The Morgan fingerprint density at radius 1 is 1.07 bits per heavy atom. The van der Waals surface area contributed by atoms with Gasteiger partial charge in [0.25, 0.3) is 0 Å². The number of aromatic nitrogens is 2. The molecule has 246 valence electrons. The second-order valence-corrected chi connectivity index (χ2v) is 14.6. The van der Waals surface area contributed by atoms with E-state index in [4.69, 9.17) is 5.73 Å². The molecule has 0 radical (unpaired) electrons. The molecule has 0 bridgehead atoms. The number of nitrogens with two attached hydrogens (primary N) is 1. The van der Waals surface area contributed by atoms with Gasteiger partial charge in [0, 0.05) is 66.4 Å². The van der Waals surface area contributed by atoms with Gasteiger partial charge in [-0.1, -0.05) is 45.0 Å². The van der Waals surface area contributed by atoms with E-state index in [9.17, 15) is 27.6 Å². The number of hydrogen-bond acceptors (Lipinski definition) is 11. The topological polar surface area (TPSA) is 173 Å². The van der Waals surface area contributed by atoms with Gasteiger partial charge in [0.2, 0.25) is 16.4 Å². The van der Waals surface area contributed by atoms with Crippen LogP contribution in [0.4, 0.5) is 11.5 Å². The van der Waals surface area contributed by atoms with Crippen molar-refractivity contribution < 1.29 is 27.6 Å². The Morgan fingerprint density at radius 2 is 1.72 bits per heavy atom. The predicted octanol–water partition coefficient (Wildman–Crippen LogP) is 3.98. The van der Waals surface area contributed by atoms with E-state index in [1.807, 2.05) is 31.1 Å². The van der Waals surface area contributed by atoms with Crippen LogP contribution in [0.3, 0.4) is 0 Å². The fourth-order valence-electron chi connectivity index (χ4n) is 4.40. The molecular weight excluding hydrogens is 629 g/mol. The standard InChI is InChI=1S/C32H40N6O6S2/c1-20(38(19-39)18-22-17-34-21(2)36-30(22)33)29(45-31(42)32(3,4)5)27(41)16-23(40)14-15-35-46(43,44)28-13-9-10-24-25(28)11-8-12-26(24)37(6)7/h8-13,17,19,35H,14-16,18H2,1-7H3,(H2,33,34,36). The van der Waals surface area contributed by atoms with Gasteiger partial charge in [0.05, 0.1) is 22.8 Å². The van der Waals surface area contributed by atoms with E-state index in [1.54, 1.807) is 45.9 Å². The third kappa shape index (κ3) is 8.98. The number of allylic oxidation sites excluding steroid dienone is 2. The van der Waals surface area contributed by atoms with E-state index in [0.29, 0.717) is 34.9 Å². The van der Waals surface area contributed by atoms with Crippen molar-refractivity contribution >= 4 is 67.2 Å². The number of nitrogen functional groups attached to an aromatic ring is 1. The Morgan fingerprint density at radius 3 is 2.33 bits per heavy atom. The lowest BCUT2D eigenvalue weighted by Gasteiger charge is -2.23. The van der Waals surface area contributed by atoms with Gasteiger partial charge in [0.1, 0.15) is 17.4 Å². The third-order valence-electron chi connectivity index (χ3n) is 6.99. The number of anilines is 2. The molecule has 3 aromatic rings. The summed E-state index contributed by atoms with van der Waals surface area (Å²) in [6, 6.07) is 10.4. The van der Waals surface area contributed by atoms with Gasteiger partial charge in [-0.15, -0.1) is 0 Å². The lowest BCUT2D eigenvalue weighted by atomic mass is 10.00. The Labute approximate surface area is 273 Å². The van der Waals surface area contributed by atoms with Gasteiger partial charge in [-0.2, -0.15) is 0 Å². The summed E-state index contributed by atoms with van der Waals surface area (Å²) in [4.78, 5) is 62.8. The highest BCUT2D eigenvalue weighted by Gasteiger charge is 2.29. The Bertz CT molecular complexity index is 1800. The number of rotatable bonds is 14. The van der Waals surface area contributed by atoms with Crippen LogP contribution in [0.5, 0.6) is 0 Å². The first kappa shape index (κ1) is 36.3. The van der Waals surface area contributed by atoms with Crippen LogP contribution in [-0.4, -0.2) is 67.0 Å². The number of carbonyl (C=O) groups excluding carboxylic acids is 4. The zero-order valence-corrected chi connectivity index (χ0v) is 28.7. The molecule has 46 heavy (non-hydrogen) atoms. The molecular formula is C32H40N6O6S2. The first-order chi connectivity index (χ1) is 21.5. The van der Waals surface area contributed by atoms with Crippen molar-refractivity contribution in [3.63, 3.8) is 0 Å². The van der Waals surface area contributed by atoms with Gasteiger partial charge in [-0.3, -0.25) is 19.2 Å². The number of carbonyl (C=O) groups is 4. The lowest BCUT2D eigenvalue weighted by molar-refractivity contribution is -0.125. The summed E-state index contributed by atoms with van der Waals surface area (Å²) in [6.45, 7) is 7.93. The summed E-state index contributed by atoms with van der Waals surface area (Å²) in [5.74, 6) is -0.593. The number of amides is 1. The molecule has 0 fully saturated rings. The number of nitrogens with zero attached hydrogens (tertiary/aromatic N) is 4. The van der Waals surface area contributed by atoms with Crippen molar-refractivity contribution in [2.45, 2.75) is 58.9 Å².